The molecule has 2 N–H and O–H groups in total. The molecule has 6 heteroatoms. The molecule has 0 fully saturated rings. The van der Waals surface area contributed by atoms with Crippen LogP contribution in [0.2, 0.25) is 0 Å². The number of thiophene rings is 1. The maximum absolute atomic E-state index is 11.5. The zero-order chi connectivity index (χ0) is 13.5. The number of carbonyl (C=O) groups is 2. The van der Waals surface area contributed by atoms with Crippen molar-refractivity contribution in [3.8, 4) is 0 Å². The average molecular weight is 275 g/mol. The second-order valence-electron chi connectivity index (χ2n) is 3.81. The molecule has 19 heavy (non-hydrogen) atoms. The quantitative estimate of drug-likeness (QED) is 0.820. The molecular weight excluding hydrogens is 262 g/mol. The van der Waals surface area contributed by atoms with Crippen LogP contribution in [0.15, 0.2) is 42.0 Å². The van der Waals surface area contributed by atoms with Gasteiger partial charge in [-0.3, -0.25) is 14.6 Å². The van der Waals surface area contributed by atoms with Crippen LogP contribution in [-0.2, 0) is 22.7 Å². The standard InChI is InChI=1S/C13H13N3O2S/c17-12(15-8-10-3-1-5-14-7-10)13(18)16-9-11-4-2-6-19-11/h1-7H,8-9H2,(H,15,17)(H,16,18). The molecule has 0 saturated carbocycles. The summed E-state index contributed by atoms with van der Waals surface area (Å²) < 4.78 is 0. The summed E-state index contributed by atoms with van der Waals surface area (Å²) in [5.74, 6) is -1.27. The molecule has 98 valence electrons. The Kier molecular flexibility index (Phi) is 4.63. The molecule has 2 amide bonds. The van der Waals surface area contributed by atoms with Crippen molar-refractivity contribution in [2.75, 3.05) is 0 Å². The lowest BCUT2D eigenvalue weighted by Crippen LogP contribution is -2.39. The molecule has 0 aliphatic carbocycles. The van der Waals surface area contributed by atoms with Crippen LogP contribution in [0.3, 0.4) is 0 Å². The lowest BCUT2D eigenvalue weighted by molar-refractivity contribution is -0.139. The van der Waals surface area contributed by atoms with E-state index < -0.39 is 11.8 Å². The molecule has 0 aliphatic heterocycles. The molecule has 0 spiro atoms. The van der Waals surface area contributed by atoms with E-state index in [1.165, 1.54) is 11.3 Å². The van der Waals surface area contributed by atoms with Gasteiger partial charge in [0.15, 0.2) is 0 Å². The number of hydrogen-bond acceptors (Lipinski definition) is 4. The van der Waals surface area contributed by atoms with Gasteiger partial charge in [-0.2, -0.15) is 0 Å². The molecule has 0 unspecified atom stereocenters. The van der Waals surface area contributed by atoms with Crippen molar-refractivity contribution in [2.24, 2.45) is 0 Å². The maximum Gasteiger partial charge on any atom is 0.309 e. The first kappa shape index (κ1) is 13.2. The van der Waals surface area contributed by atoms with Crippen LogP contribution in [-0.4, -0.2) is 16.8 Å². The van der Waals surface area contributed by atoms with E-state index >= 15 is 0 Å². The Morgan fingerprint density at radius 1 is 1.11 bits per heavy atom. The summed E-state index contributed by atoms with van der Waals surface area (Å²) in [4.78, 5) is 28.0. The van der Waals surface area contributed by atoms with E-state index in [1.54, 1.807) is 18.5 Å². The van der Waals surface area contributed by atoms with E-state index in [0.29, 0.717) is 13.1 Å². The fraction of sp³-hybridized carbons (Fsp3) is 0.154. The highest BCUT2D eigenvalue weighted by Gasteiger charge is 2.12. The third kappa shape index (κ3) is 4.18. The molecule has 2 aromatic heterocycles. The van der Waals surface area contributed by atoms with Gasteiger partial charge in [0.25, 0.3) is 0 Å². The van der Waals surface area contributed by atoms with Crippen molar-refractivity contribution in [1.82, 2.24) is 15.6 Å². The summed E-state index contributed by atoms with van der Waals surface area (Å²) in [6, 6.07) is 7.41. The first-order valence-corrected chi connectivity index (χ1v) is 6.61. The van der Waals surface area contributed by atoms with E-state index in [-0.39, 0.29) is 0 Å². The van der Waals surface area contributed by atoms with Crippen LogP contribution in [0.4, 0.5) is 0 Å². The Morgan fingerprint density at radius 2 is 1.89 bits per heavy atom. The Hall–Kier alpha value is -2.21. The zero-order valence-electron chi connectivity index (χ0n) is 10.1. The van der Waals surface area contributed by atoms with Crippen LogP contribution in [0.25, 0.3) is 0 Å². The Bertz CT molecular complexity index is 540. The molecule has 2 aromatic rings. The number of pyridine rings is 1. The van der Waals surface area contributed by atoms with E-state index in [2.05, 4.69) is 15.6 Å². The summed E-state index contributed by atoms with van der Waals surface area (Å²) in [5, 5.41) is 7.03. The number of rotatable bonds is 4. The van der Waals surface area contributed by atoms with Gasteiger partial charge in [-0.1, -0.05) is 12.1 Å². The van der Waals surface area contributed by atoms with Crippen molar-refractivity contribution >= 4 is 23.2 Å². The molecule has 0 radical (unpaired) electrons. The molecule has 5 nitrogen and oxygen atoms in total. The van der Waals surface area contributed by atoms with E-state index in [0.717, 1.165) is 10.4 Å². The summed E-state index contributed by atoms with van der Waals surface area (Å²) in [5.41, 5.74) is 0.849. The summed E-state index contributed by atoms with van der Waals surface area (Å²) >= 11 is 1.53. The predicted octanol–water partition coefficient (Wildman–Crippen LogP) is 1.08. The van der Waals surface area contributed by atoms with Crippen molar-refractivity contribution in [1.29, 1.82) is 0 Å². The fourth-order valence-corrected chi connectivity index (χ4v) is 2.07. The number of nitrogens with one attached hydrogen (secondary N) is 2. The molecule has 0 atom stereocenters. The molecule has 0 aromatic carbocycles. The Labute approximate surface area is 114 Å². The van der Waals surface area contributed by atoms with Crippen LogP contribution >= 0.6 is 11.3 Å². The summed E-state index contributed by atoms with van der Waals surface area (Å²) in [6.07, 6.45) is 3.29. The minimum absolute atomic E-state index is 0.291. The smallest absolute Gasteiger partial charge is 0.309 e. The van der Waals surface area contributed by atoms with Crippen molar-refractivity contribution in [2.45, 2.75) is 13.1 Å². The van der Waals surface area contributed by atoms with Gasteiger partial charge in [0.2, 0.25) is 0 Å². The summed E-state index contributed by atoms with van der Waals surface area (Å²) in [7, 11) is 0. The van der Waals surface area contributed by atoms with Gasteiger partial charge >= 0.3 is 11.8 Å². The van der Waals surface area contributed by atoms with Crippen LogP contribution in [0.5, 0.6) is 0 Å². The third-order valence-corrected chi connectivity index (χ3v) is 3.26. The normalized spacial score (nSPS) is 9.89. The first-order valence-electron chi connectivity index (χ1n) is 5.73. The van der Waals surface area contributed by atoms with Gasteiger partial charge in [0.05, 0.1) is 6.54 Å². The molecule has 2 heterocycles. The molecule has 2 rings (SSSR count). The van der Waals surface area contributed by atoms with Crippen LogP contribution in [0.1, 0.15) is 10.4 Å². The van der Waals surface area contributed by atoms with Gasteiger partial charge in [-0.05, 0) is 23.1 Å². The van der Waals surface area contributed by atoms with Crippen molar-refractivity contribution in [3.05, 3.63) is 52.5 Å². The van der Waals surface area contributed by atoms with E-state index in [9.17, 15) is 9.59 Å². The monoisotopic (exact) mass is 275 g/mol. The second kappa shape index (κ2) is 6.65. The largest absolute Gasteiger partial charge is 0.344 e. The topological polar surface area (TPSA) is 71.1 Å². The minimum Gasteiger partial charge on any atom is -0.344 e. The lowest BCUT2D eigenvalue weighted by atomic mass is 10.3. The maximum atomic E-state index is 11.5. The van der Waals surface area contributed by atoms with Crippen LogP contribution in [0, 0.1) is 0 Å². The first-order chi connectivity index (χ1) is 9.25. The third-order valence-electron chi connectivity index (χ3n) is 2.39. The highest BCUT2D eigenvalue weighted by molar-refractivity contribution is 7.09. The Balaban J connectivity index is 1.75. The second-order valence-corrected chi connectivity index (χ2v) is 4.84. The zero-order valence-corrected chi connectivity index (χ0v) is 10.9. The predicted molar refractivity (Wildman–Crippen MR) is 72.2 cm³/mol. The van der Waals surface area contributed by atoms with Gasteiger partial charge in [-0.25, -0.2) is 0 Å². The minimum atomic E-state index is -0.639. The molecular formula is C13H13N3O2S. The number of amides is 2. The highest BCUT2D eigenvalue weighted by Crippen LogP contribution is 2.07. The number of nitrogens with zero attached hydrogens (tertiary/aromatic N) is 1. The summed E-state index contributed by atoms with van der Waals surface area (Å²) in [6.45, 7) is 0.663. The van der Waals surface area contributed by atoms with Crippen molar-refractivity contribution in [3.63, 3.8) is 0 Å². The molecule has 0 saturated heterocycles. The number of carbonyl (C=O) groups excluding carboxylic acids is 2. The fourth-order valence-electron chi connectivity index (χ4n) is 1.43. The number of aromatic nitrogens is 1. The van der Waals surface area contributed by atoms with Crippen molar-refractivity contribution < 1.29 is 9.59 Å². The van der Waals surface area contributed by atoms with E-state index in [4.69, 9.17) is 0 Å². The average Bonchev–Trinajstić information content (AvgIpc) is 2.96. The number of hydrogen-bond donors (Lipinski definition) is 2. The molecule has 0 bridgehead atoms. The molecule has 0 aliphatic rings. The van der Waals surface area contributed by atoms with Crippen LogP contribution < -0.4 is 10.6 Å². The van der Waals surface area contributed by atoms with Gasteiger partial charge in [-0.15, -0.1) is 11.3 Å². The van der Waals surface area contributed by atoms with E-state index in [1.807, 2.05) is 23.6 Å². The van der Waals surface area contributed by atoms with Gasteiger partial charge in [0.1, 0.15) is 0 Å². The highest BCUT2D eigenvalue weighted by atomic mass is 32.1. The lowest BCUT2D eigenvalue weighted by Gasteiger charge is -2.05. The Morgan fingerprint density at radius 3 is 2.53 bits per heavy atom. The SMILES string of the molecule is O=C(NCc1cccnc1)C(=O)NCc1cccs1. The van der Waals surface area contributed by atoms with Gasteiger partial charge < -0.3 is 10.6 Å². The van der Waals surface area contributed by atoms with Gasteiger partial charge in [0, 0.05) is 23.8 Å².